The number of carbonyl (C=O) groups excluding carboxylic acids is 1. The van der Waals surface area contributed by atoms with Gasteiger partial charge in [-0.2, -0.15) is 5.10 Å². The van der Waals surface area contributed by atoms with E-state index in [9.17, 15) is 4.79 Å². The molecular formula is C14H16Cl2N4OS. The van der Waals surface area contributed by atoms with Crippen LogP contribution in [0.4, 0.5) is 5.69 Å². The van der Waals surface area contributed by atoms with Gasteiger partial charge in [-0.3, -0.25) is 4.79 Å². The maximum absolute atomic E-state index is 11.0. The van der Waals surface area contributed by atoms with Gasteiger partial charge in [0.25, 0.3) is 0 Å². The number of nitrogens with one attached hydrogen (secondary N) is 1. The lowest BCUT2D eigenvalue weighted by molar-refractivity contribution is -0.116. The molecule has 0 bridgehead atoms. The lowest BCUT2D eigenvalue weighted by Gasteiger charge is -2.22. The number of amidine groups is 1. The van der Waals surface area contributed by atoms with Crippen LogP contribution >= 0.6 is 35.0 Å². The molecule has 0 unspecified atom stereocenters. The van der Waals surface area contributed by atoms with Gasteiger partial charge in [0.1, 0.15) is 0 Å². The molecule has 1 aliphatic heterocycles. The lowest BCUT2D eigenvalue weighted by atomic mass is 10.2. The van der Waals surface area contributed by atoms with Crippen LogP contribution in [0.1, 0.15) is 5.56 Å². The molecule has 22 heavy (non-hydrogen) atoms. The molecule has 118 valence electrons. The summed E-state index contributed by atoms with van der Waals surface area (Å²) in [5.74, 6) is 1.48. The molecule has 1 aromatic carbocycles. The van der Waals surface area contributed by atoms with Crippen molar-refractivity contribution >= 4 is 57.9 Å². The van der Waals surface area contributed by atoms with E-state index in [2.05, 4.69) is 20.4 Å². The van der Waals surface area contributed by atoms with Crippen molar-refractivity contribution in [2.75, 3.05) is 35.5 Å². The highest BCUT2D eigenvalue weighted by Crippen LogP contribution is 2.15. The third kappa shape index (κ3) is 5.19. The summed E-state index contributed by atoms with van der Waals surface area (Å²) in [5.41, 5.74) is 2.00. The molecular weight excluding hydrogens is 343 g/mol. The van der Waals surface area contributed by atoms with E-state index < -0.39 is 0 Å². The Hall–Kier alpha value is -1.24. The van der Waals surface area contributed by atoms with Crippen molar-refractivity contribution in [3.8, 4) is 0 Å². The molecule has 1 saturated heterocycles. The second-order valence-corrected chi connectivity index (χ2v) is 6.16. The van der Waals surface area contributed by atoms with Crippen molar-refractivity contribution in [2.45, 2.75) is 0 Å². The number of halogens is 2. The Balaban J connectivity index is 1.97. The van der Waals surface area contributed by atoms with Crippen LogP contribution in [-0.2, 0) is 4.79 Å². The van der Waals surface area contributed by atoms with Gasteiger partial charge in [0.2, 0.25) is 5.91 Å². The normalized spacial score (nSPS) is 16.5. The number of benzene rings is 1. The van der Waals surface area contributed by atoms with E-state index in [4.69, 9.17) is 23.2 Å². The van der Waals surface area contributed by atoms with Crippen molar-refractivity contribution in [1.29, 1.82) is 0 Å². The Bertz CT molecular complexity index is 556. The maximum Gasteiger partial charge on any atom is 0.236 e. The molecule has 0 spiro atoms. The molecule has 8 heteroatoms. The fourth-order valence-electron chi connectivity index (χ4n) is 1.87. The van der Waals surface area contributed by atoms with Gasteiger partial charge in [0.05, 0.1) is 12.0 Å². The summed E-state index contributed by atoms with van der Waals surface area (Å²) in [6, 6.07) is 7.91. The summed E-state index contributed by atoms with van der Waals surface area (Å²) in [7, 11) is 0. The van der Waals surface area contributed by atoms with Gasteiger partial charge in [-0.1, -0.05) is 23.9 Å². The smallest absolute Gasteiger partial charge is 0.236 e. The Morgan fingerprint density at radius 2 is 1.91 bits per heavy atom. The molecule has 1 heterocycles. The number of thioether (sulfide) groups is 1. The molecule has 0 radical (unpaired) electrons. The van der Waals surface area contributed by atoms with Crippen LogP contribution in [0, 0.1) is 0 Å². The number of carbonyl (C=O) groups is 1. The zero-order valence-corrected chi connectivity index (χ0v) is 14.2. The number of alkyl halides is 2. The minimum Gasteiger partial charge on any atom is -0.369 e. The summed E-state index contributed by atoms with van der Waals surface area (Å²) in [4.78, 5) is 13.1. The molecule has 0 aliphatic carbocycles. The van der Waals surface area contributed by atoms with Crippen LogP contribution in [0.5, 0.6) is 0 Å². The lowest BCUT2D eigenvalue weighted by Crippen LogP contribution is -2.27. The minimum absolute atomic E-state index is 0.0398. The first-order valence-electron chi connectivity index (χ1n) is 6.73. The first kappa shape index (κ1) is 17.1. The van der Waals surface area contributed by atoms with Crippen molar-refractivity contribution in [2.24, 2.45) is 10.2 Å². The summed E-state index contributed by atoms with van der Waals surface area (Å²) < 4.78 is 0. The first-order chi connectivity index (χ1) is 10.7. The summed E-state index contributed by atoms with van der Waals surface area (Å²) >= 11 is 13.0. The van der Waals surface area contributed by atoms with E-state index in [1.807, 2.05) is 24.3 Å². The number of nitrogens with zero attached hydrogens (tertiary/aromatic N) is 3. The monoisotopic (exact) mass is 358 g/mol. The average molecular weight is 359 g/mol. The Morgan fingerprint density at radius 3 is 2.45 bits per heavy atom. The predicted octanol–water partition coefficient (Wildman–Crippen LogP) is 2.52. The van der Waals surface area contributed by atoms with Crippen LogP contribution in [0.3, 0.4) is 0 Å². The predicted molar refractivity (Wildman–Crippen MR) is 95.7 cm³/mol. The molecule has 0 saturated carbocycles. The van der Waals surface area contributed by atoms with E-state index in [1.165, 1.54) is 11.8 Å². The van der Waals surface area contributed by atoms with E-state index in [0.717, 1.165) is 24.3 Å². The molecule has 0 aromatic heterocycles. The second kappa shape index (κ2) is 9.02. The van der Waals surface area contributed by atoms with Gasteiger partial charge in [-0.05, 0) is 17.7 Å². The van der Waals surface area contributed by atoms with Crippen LogP contribution in [-0.4, -0.2) is 47.9 Å². The van der Waals surface area contributed by atoms with E-state index in [1.54, 1.807) is 6.21 Å². The van der Waals surface area contributed by atoms with E-state index >= 15 is 0 Å². The highest BCUT2D eigenvalue weighted by Gasteiger charge is 2.15. The van der Waals surface area contributed by atoms with Gasteiger partial charge in [0, 0.05) is 30.5 Å². The molecule has 1 amide bonds. The Kier molecular flexibility index (Phi) is 7.02. The van der Waals surface area contributed by atoms with Crippen LogP contribution < -0.4 is 10.2 Å². The first-order valence-corrected chi connectivity index (χ1v) is 8.79. The number of rotatable bonds is 7. The van der Waals surface area contributed by atoms with Crippen LogP contribution in [0.25, 0.3) is 0 Å². The SMILES string of the molecule is O=C1CSC(=NN=Cc2ccc(N(CCCl)CCCl)cc2)N1. The maximum atomic E-state index is 11.0. The standard InChI is InChI=1S/C14H16Cl2N4OS/c15-5-7-20(8-6-16)12-3-1-11(2-4-12)9-17-19-14-18-13(21)10-22-14/h1-4,9H,5-8,10H2,(H,18,19,21). The van der Waals surface area contributed by atoms with Crippen molar-refractivity contribution < 1.29 is 4.79 Å². The highest BCUT2D eigenvalue weighted by molar-refractivity contribution is 8.15. The fourth-order valence-corrected chi connectivity index (χ4v) is 2.91. The fraction of sp³-hybridized carbons (Fsp3) is 0.357. The zero-order valence-electron chi connectivity index (χ0n) is 11.8. The van der Waals surface area contributed by atoms with Crippen LogP contribution in [0.2, 0.25) is 0 Å². The Labute approximate surface area is 143 Å². The molecule has 1 aromatic rings. The number of hydrogen-bond acceptors (Lipinski definition) is 5. The number of amides is 1. The molecule has 5 nitrogen and oxygen atoms in total. The summed E-state index contributed by atoms with van der Waals surface area (Å²) in [5, 5.41) is 11.1. The number of anilines is 1. The topological polar surface area (TPSA) is 57.1 Å². The van der Waals surface area contributed by atoms with Gasteiger partial charge >= 0.3 is 0 Å². The Morgan fingerprint density at radius 1 is 1.23 bits per heavy atom. The quantitative estimate of drug-likeness (QED) is 0.462. The average Bonchev–Trinajstić information content (AvgIpc) is 2.93. The molecule has 1 aliphatic rings. The van der Waals surface area contributed by atoms with Crippen molar-refractivity contribution in [1.82, 2.24) is 5.32 Å². The summed E-state index contributed by atoms with van der Waals surface area (Å²) in [6.07, 6.45) is 1.65. The minimum atomic E-state index is -0.0398. The molecule has 0 atom stereocenters. The number of hydrogen-bond donors (Lipinski definition) is 1. The third-order valence-electron chi connectivity index (χ3n) is 2.91. The van der Waals surface area contributed by atoms with Gasteiger partial charge in [0.15, 0.2) is 5.17 Å². The largest absolute Gasteiger partial charge is 0.369 e. The van der Waals surface area contributed by atoms with Gasteiger partial charge in [-0.25, -0.2) is 0 Å². The zero-order chi connectivity index (χ0) is 15.8. The van der Waals surface area contributed by atoms with E-state index in [0.29, 0.717) is 22.7 Å². The van der Waals surface area contributed by atoms with Crippen LogP contribution in [0.15, 0.2) is 34.5 Å². The van der Waals surface area contributed by atoms with Gasteiger partial charge in [-0.15, -0.1) is 28.3 Å². The molecule has 1 N–H and O–H groups in total. The van der Waals surface area contributed by atoms with Crippen molar-refractivity contribution in [3.63, 3.8) is 0 Å². The van der Waals surface area contributed by atoms with Gasteiger partial charge < -0.3 is 10.2 Å². The molecule has 2 rings (SSSR count). The van der Waals surface area contributed by atoms with E-state index in [-0.39, 0.29) is 5.91 Å². The summed E-state index contributed by atoms with van der Waals surface area (Å²) in [6.45, 7) is 1.51. The second-order valence-electron chi connectivity index (χ2n) is 4.44. The highest BCUT2D eigenvalue weighted by atomic mass is 35.5. The third-order valence-corrected chi connectivity index (χ3v) is 4.11. The molecule has 1 fully saturated rings. The van der Waals surface area contributed by atoms with Crippen molar-refractivity contribution in [3.05, 3.63) is 29.8 Å².